The van der Waals surface area contributed by atoms with Crippen molar-refractivity contribution < 1.29 is 9.13 Å². The number of hydrazone groups is 1. The third-order valence-electron chi connectivity index (χ3n) is 5.56. The summed E-state index contributed by atoms with van der Waals surface area (Å²) in [5.74, 6) is 0.619. The molecule has 0 aliphatic carbocycles. The quantitative estimate of drug-likeness (QED) is 0.578. The van der Waals surface area contributed by atoms with Crippen LogP contribution in [0.2, 0.25) is 0 Å². The Morgan fingerprint density at radius 2 is 1.79 bits per heavy atom. The molecule has 0 radical (unpaired) electrons. The van der Waals surface area contributed by atoms with E-state index in [1.807, 2.05) is 23.2 Å². The number of benzene rings is 3. The van der Waals surface area contributed by atoms with Crippen molar-refractivity contribution in [2.75, 3.05) is 0 Å². The Hall–Kier alpha value is -3.14. The van der Waals surface area contributed by atoms with Crippen LogP contribution in [0, 0.1) is 19.7 Å². The van der Waals surface area contributed by atoms with Crippen LogP contribution in [-0.4, -0.2) is 10.7 Å². The van der Waals surface area contributed by atoms with Crippen LogP contribution in [0.25, 0.3) is 0 Å². The summed E-state index contributed by atoms with van der Waals surface area (Å²) in [4.78, 5) is 0. The van der Waals surface area contributed by atoms with E-state index in [-0.39, 0.29) is 18.1 Å². The topological polar surface area (TPSA) is 24.8 Å². The van der Waals surface area contributed by atoms with E-state index >= 15 is 0 Å². The minimum Gasteiger partial charge on any atom is -0.464 e. The standard InChI is InChI=1S/C24H21FN2O/c1-15-7-8-16(2)20(13-15)21-14-22-19-5-3-4-6-23(19)28-24(27(22)26-21)17-9-11-18(25)12-10-17/h3-13,22,24H,14H2,1-2H3/t22-,24-/m1/s1. The average molecular weight is 372 g/mol. The summed E-state index contributed by atoms with van der Waals surface area (Å²) < 4.78 is 19.8. The van der Waals surface area contributed by atoms with Crippen molar-refractivity contribution in [1.82, 2.24) is 5.01 Å². The fourth-order valence-corrected chi connectivity index (χ4v) is 4.09. The first-order chi connectivity index (χ1) is 13.6. The number of para-hydroxylation sites is 1. The number of rotatable bonds is 2. The average Bonchev–Trinajstić information content (AvgIpc) is 3.15. The summed E-state index contributed by atoms with van der Waals surface area (Å²) in [6, 6.07) is 21.2. The molecule has 0 saturated carbocycles. The van der Waals surface area contributed by atoms with Crippen LogP contribution in [0.5, 0.6) is 5.75 Å². The Morgan fingerprint density at radius 3 is 2.61 bits per heavy atom. The summed E-state index contributed by atoms with van der Waals surface area (Å²) >= 11 is 0. The minimum atomic E-state index is -0.372. The molecule has 3 nitrogen and oxygen atoms in total. The molecule has 2 aliphatic rings. The number of nitrogens with zero attached hydrogens (tertiary/aromatic N) is 2. The molecule has 28 heavy (non-hydrogen) atoms. The van der Waals surface area contributed by atoms with Gasteiger partial charge >= 0.3 is 0 Å². The third-order valence-corrected chi connectivity index (χ3v) is 5.56. The van der Waals surface area contributed by atoms with Crippen molar-refractivity contribution in [3.63, 3.8) is 0 Å². The van der Waals surface area contributed by atoms with Crippen LogP contribution in [0.1, 0.15) is 46.5 Å². The predicted octanol–water partition coefficient (Wildman–Crippen LogP) is 5.68. The highest BCUT2D eigenvalue weighted by atomic mass is 19.1. The number of fused-ring (bicyclic) bond motifs is 3. The van der Waals surface area contributed by atoms with E-state index in [4.69, 9.17) is 9.84 Å². The Balaban J connectivity index is 1.61. The maximum Gasteiger partial charge on any atom is 0.213 e. The molecule has 0 saturated heterocycles. The summed E-state index contributed by atoms with van der Waals surface area (Å²) in [6.45, 7) is 4.22. The van der Waals surface area contributed by atoms with Gasteiger partial charge in [0.1, 0.15) is 11.6 Å². The van der Waals surface area contributed by atoms with E-state index < -0.39 is 0 Å². The second-order valence-electron chi connectivity index (χ2n) is 7.52. The molecule has 3 aromatic carbocycles. The zero-order valence-electron chi connectivity index (χ0n) is 15.9. The molecule has 0 spiro atoms. The van der Waals surface area contributed by atoms with Crippen LogP contribution < -0.4 is 4.74 Å². The van der Waals surface area contributed by atoms with Crippen molar-refractivity contribution in [1.29, 1.82) is 0 Å². The summed E-state index contributed by atoms with van der Waals surface area (Å²) in [6.07, 6.45) is 0.450. The zero-order chi connectivity index (χ0) is 19.3. The van der Waals surface area contributed by atoms with E-state index in [1.165, 1.54) is 28.8 Å². The lowest BCUT2D eigenvalue weighted by Crippen LogP contribution is -2.33. The minimum absolute atomic E-state index is 0.106. The van der Waals surface area contributed by atoms with Crippen LogP contribution in [0.4, 0.5) is 4.39 Å². The molecule has 140 valence electrons. The smallest absolute Gasteiger partial charge is 0.213 e. The van der Waals surface area contributed by atoms with E-state index in [0.29, 0.717) is 0 Å². The van der Waals surface area contributed by atoms with Crippen molar-refractivity contribution >= 4 is 5.71 Å². The highest BCUT2D eigenvalue weighted by molar-refractivity contribution is 6.03. The molecule has 0 unspecified atom stereocenters. The highest BCUT2D eigenvalue weighted by Gasteiger charge is 2.41. The fourth-order valence-electron chi connectivity index (χ4n) is 4.09. The first-order valence-corrected chi connectivity index (χ1v) is 9.54. The molecule has 2 atom stereocenters. The lowest BCUT2D eigenvalue weighted by atomic mass is 9.93. The molecule has 2 heterocycles. The van der Waals surface area contributed by atoms with Crippen LogP contribution in [0.3, 0.4) is 0 Å². The monoisotopic (exact) mass is 372 g/mol. The molecule has 3 aromatic rings. The Kier molecular flexibility index (Phi) is 3.93. The molecule has 4 heteroatoms. The first-order valence-electron chi connectivity index (χ1n) is 9.54. The number of hydrogen-bond acceptors (Lipinski definition) is 3. The number of halogens is 1. The van der Waals surface area contributed by atoms with Crippen molar-refractivity contribution in [3.8, 4) is 5.75 Å². The van der Waals surface area contributed by atoms with E-state index in [2.05, 4.69) is 38.1 Å². The van der Waals surface area contributed by atoms with Crippen LogP contribution >= 0.6 is 0 Å². The van der Waals surface area contributed by atoms with Gasteiger partial charge in [-0.2, -0.15) is 5.10 Å². The SMILES string of the molecule is Cc1ccc(C)c(C2=NN3[C@H](C2)c2ccccc2O[C@@H]3c2ccc(F)cc2)c1. The maximum absolute atomic E-state index is 13.4. The Morgan fingerprint density at radius 1 is 1.00 bits per heavy atom. The van der Waals surface area contributed by atoms with Crippen LogP contribution in [0.15, 0.2) is 71.8 Å². The maximum atomic E-state index is 13.4. The van der Waals surface area contributed by atoms with Gasteiger partial charge in [0.25, 0.3) is 0 Å². The van der Waals surface area contributed by atoms with Gasteiger partial charge < -0.3 is 4.74 Å². The van der Waals surface area contributed by atoms with Gasteiger partial charge in [0.05, 0.1) is 11.8 Å². The van der Waals surface area contributed by atoms with Crippen molar-refractivity contribution in [2.45, 2.75) is 32.5 Å². The molecule has 0 aromatic heterocycles. The van der Waals surface area contributed by atoms with Gasteiger partial charge in [-0.05, 0) is 43.7 Å². The number of hydrogen-bond donors (Lipinski definition) is 0. The molecule has 0 N–H and O–H groups in total. The van der Waals surface area contributed by atoms with Gasteiger partial charge in [-0.25, -0.2) is 9.40 Å². The van der Waals surface area contributed by atoms with E-state index in [1.54, 1.807) is 12.1 Å². The summed E-state index contributed by atoms with van der Waals surface area (Å²) in [5, 5.41) is 7.03. The van der Waals surface area contributed by atoms with Crippen molar-refractivity contribution in [3.05, 3.63) is 100 Å². The highest BCUT2D eigenvalue weighted by Crippen LogP contribution is 2.47. The normalized spacial score (nSPS) is 20.2. The zero-order valence-corrected chi connectivity index (χ0v) is 15.9. The van der Waals surface area contributed by atoms with Gasteiger partial charge in [-0.15, -0.1) is 0 Å². The van der Waals surface area contributed by atoms with Gasteiger partial charge in [0, 0.05) is 23.1 Å². The number of ether oxygens (including phenoxy) is 1. The summed E-state index contributed by atoms with van der Waals surface area (Å²) in [5.41, 5.74) is 6.73. The Bertz CT molecular complexity index is 1070. The summed E-state index contributed by atoms with van der Waals surface area (Å²) in [7, 11) is 0. The predicted molar refractivity (Wildman–Crippen MR) is 108 cm³/mol. The molecular formula is C24H21FN2O. The van der Waals surface area contributed by atoms with Crippen molar-refractivity contribution in [2.24, 2.45) is 5.10 Å². The molecule has 5 rings (SSSR count). The van der Waals surface area contributed by atoms with Gasteiger partial charge in [0.15, 0.2) is 0 Å². The number of aryl methyl sites for hydroxylation is 2. The van der Waals surface area contributed by atoms with Gasteiger partial charge in [-0.1, -0.05) is 48.0 Å². The fraction of sp³-hybridized carbons (Fsp3) is 0.208. The molecular weight excluding hydrogens is 351 g/mol. The molecule has 2 aliphatic heterocycles. The largest absolute Gasteiger partial charge is 0.464 e. The third kappa shape index (κ3) is 2.76. The lowest BCUT2D eigenvalue weighted by Gasteiger charge is -2.38. The first kappa shape index (κ1) is 17.0. The second kappa shape index (κ2) is 6.48. The second-order valence-corrected chi connectivity index (χ2v) is 7.52. The molecule has 0 amide bonds. The lowest BCUT2D eigenvalue weighted by molar-refractivity contribution is -0.0190. The van der Waals surface area contributed by atoms with Gasteiger partial charge in [0.2, 0.25) is 6.23 Å². The van der Waals surface area contributed by atoms with Gasteiger partial charge in [-0.3, -0.25) is 0 Å². The van der Waals surface area contributed by atoms with E-state index in [9.17, 15) is 4.39 Å². The Labute approximate surface area is 164 Å². The molecule has 0 bridgehead atoms. The van der Waals surface area contributed by atoms with Crippen LogP contribution in [-0.2, 0) is 0 Å². The molecule has 0 fully saturated rings. The van der Waals surface area contributed by atoms with E-state index in [0.717, 1.165) is 29.0 Å².